The van der Waals surface area contributed by atoms with Crippen molar-refractivity contribution in [3.05, 3.63) is 173 Å². The van der Waals surface area contributed by atoms with E-state index in [0.29, 0.717) is 5.92 Å². The second-order valence-electron chi connectivity index (χ2n) is 15.7. The third kappa shape index (κ3) is 5.47. The normalized spacial score (nSPS) is 20.9. The first-order valence-corrected chi connectivity index (χ1v) is 20.9. The molecule has 6 heteroatoms. The zero-order valence-corrected chi connectivity index (χ0v) is 32.1. The van der Waals surface area contributed by atoms with E-state index in [0.717, 1.165) is 52.5 Å². The molecule has 2 aliphatic carbocycles. The highest BCUT2D eigenvalue weighted by atomic mass is 32.1. The first kappa shape index (κ1) is 33.2. The van der Waals surface area contributed by atoms with Crippen molar-refractivity contribution in [2.24, 2.45) is 5.92 Å². The van der Waals surface area contributed by atoms with Crippen molar-refractivity contribution in [2.45, 2.75) is 37.8 Å². The number of nitrogens with zero attached hydrogens (tertiary/aromatic N) is 1. The minimum Gasteiger partial charge on any atom is -0.454 e. The Balaban J connectivity index is 0.897. The third-order valence-corrected chi connectivity index (χ3v) is 13.5. The number of rotatable bonds is 5. The van der Waals surface area contributed by atoms with Crippen LogP contribution in [0.25, 0.3) is 82.8 Å². The SMILES string of the molecule is C1=CCCC(C2NC(c3ccccc3)NC(C3C=c4sc5ccc(-c6ccc7c(c6)oc6c(-n8c9ccccc9c9ccccc98)cccc67)cc5c4=CC3)N2)=C1. The largest absolute Gasteiger partial charge is 0.454 e. The van der Waals surface area contributed by atoms with Gasteiger partial charge in [0.1, 0.15) is 5.58 Å². The molecule has 276 valence electrons. The standard InChI is InChI=1S/C51H40N4OS/c1-3-12-31(13-4-1)49-52-50(32-14-5-2-6-15-32)54-51(53-49)35-23-26-39-41-28-33(24-27-46(41)57-47(39)30-35)34-22-25-38-40-18-11-21-44(48(40)56-45(38)29-34)55-42-19-9-7-16-36(42)37-17-8-10-20-43(37)55/h1-5,7-14,16-22,24-30,35,49-54H,6,15,23H2. The molecule has 3 aromatic heterocycles. The number of para-hydroxylation sites is 3. The zero-order valence-electron chi connectivity index (χ0n) is 31.3. The van der Waals surface area contributed by atoms with E-state index in [-0.39, 0.29) is 18.5 Å². The predicted octanol–water partition coefficient (Wildman–Crippen LogP) is 10.6. The van der Waals surface area contributed by atoms with Crippen LogP contribution in [0.15, 0.2) is 162 Å². The van der Waals surface area contributed by atoms with Gasteiger partial charge in [0.2, 0.25) is 0 Å². The smallest absolute Gasteiger partial charge is 0.159 e. The van der Waals surface area contributed by atoms with Crippen molar-refractivity contribution in [3.63, 3.8) is 0 Å². The second-order valence-corrected chi connectivity index (χ2v) is 16.7. The maximum absolute atomic E-state index is 6.83. The molecule has 4 unspecified atom stereocenters. The van der Waals surface area contributed by atoms with Crippen molar-refractivity contribution in [3.8, 4) is 16.8 Å². The van der Waals surface area contributed by atoms with Crippen molar-refractivity contribution in [1.29, 1.82) is 0 Å². The highest BCUT2D eigenvalue weighted by Crippen LogP contribution is 2.39. The predicted molar refractivity (Wildman–Crippen MR) is 238 cm³/mol. The third-order valence-electron chi connectivity index (χ3n) is 12.4. The van der Waals surface area contributed by atoms with E-state index in [1.807, 2.05) is 11.3 Å². The van der Waals surface area contributed by atoms with Crippen LogP contribution in [0.3, 0.4) is 0 Å². The maximum atomic E-state index is 6.83. The van der Waals surface area contributed by atoms with Crippen LogP contribution in [0.2, 0.25) is 0 Å². The Labute approximate surface area is 333 Å². The van der Waals surface area contributed by atoms with E-state index in [4.69, 9.17) is 4.42 Å². The Hall–Kier alpha value is -6.02. The topological polar surface area (TPSA) is 54.2 Å². The molecule has 9 aromatic rings. The van der Waals surface area contributed by atoms with Gasteiger partial charge in [0.25, 0.3) is 0 Å². The summed E-state index contributed by atoms with van der Waals surface area (Å²) in [5, 5.41) is 19.2. The number of thiophene rings is 1. The number of furan rings is 1. The van der Waals surface area contributed by atoms with E-state index < -0.39 is 0 Å². The number of nitrogens with one attached hydrogen (secondary N) is 3. The van der Waals surface area contributed by atoms with Crippen LogP contribution in [0.5, 0.6) is 0 Å². The van der Waals surface area contributed by atoms with Crippen molar-refractivity contribution >= 4 is 77.3 Å². The molecule has 0 bridgehead atoms. The summed E-state index contributed by atoms with van der Waals surface area (Å²) in [6.45, 7) is 0. The van der Waals surface area contributed by atoms with Gasteiger partial charge in [-0.2, -0.15) is 0 Å². The van der Waals surface area contributed by atoms with E-state index >= 15 is 0 Å². The molecule has 4 atom stereocenters. The summed E-state index contributed by atoms with van der Waals surface area (Å²) in [7, 11) is 0. The molecule has 0 spiro atoms. The molecule has 1 aliphatic heterocycles. The molecule has 0 saturated carbocycles. The minimum atomic E-state index is 0.0679. The Morgan fingerprint density at radius 3 is 2.23 bits per heavy atom. The molecular weight excluding hydrogens is 717 g/mol. The number of hydrogen-bond donors (Lipinski definition) is 3. The zero-order chi connectivity index (χ0) is 37.5. The van der Waals surface area contributed by atoms with Crippen LogP contribution in [0.1, 0.15) is 31.0 Å². The summed E-state index contributed by atoms with van der Waals surface area (Å²) >= 11 is 1.91. The molecule has 3 aliphatic rings. The summed E-state index contributed by atoms with van der Waals surface area (Å²) in [6, 6.07) is 48.3. The van der Waals surface area contributed by atoms with Crippen LogP contribution in [0, 0.1) is 5.92 Å². The van der Waals surface area contributed by atoms with Gasteiger partial charge in [-0.15, -0.1) is 11.3 Å². The summed E-state index contributed by atoms with van der Waals surface area (Å²) in [6.07, 6.45) is 15.2. The summed E-state index contributed by atoms with van der Waals surface area (Å²) in [5.74, 6) is 0.323. The number of fused-ring (bicyclic) bond motifs is 9. The van der Waals surface area contributed by atoms with Gasteiger partial charge < -0.3 is 8.98 Å². The number of hydrogen-bond acceptors (Lipinski definition) is 5. The highest BCUT2D eigenvalue weighted by Gasteiger charge is 2.33. The summed E-state index contributed by atoms with van der Waals surface area (Å²) < 4.78 is 11.9. The van der Waals surface area contributed by atoms with E-state index in [1.165, 1.54) is 58.3 Å². The number of benzene rings is 6. The van der Waals surface area contributed by atoms with Gasteiger partial charge in [0, 0.05) is 42.1 Å². The fraction of sp³-hybridized carbons (Fsp3) is 0.137. The van der Waals surface area contributed by atoms with Crippen LogP contribution in [-0.2, 0) is 0 Å². The minimum absolute atomic E-state index is 0.0679. The summed E-state index contributed by atoms with van der Waals surface area (Å²) in [5.41, 5.74) is 10.3. The van der Waals surface area contributed by atoms with Gasteiger partial charge >= 0.3 is 0 Å². The van der Waals surface area contributed by atoms with Gasteiger partial charge in [0.15, 0.2) is 5.58 Å². The lowest BCUT2D eigenvalue weighted by Gasteiger charge is -2.43. The first-order chi connectivity index (χ1) is 28.2. The van der Waals surface area contributed by atoms with Gasteiger partial charge in [-0.25, -0.2) is 0 Å². The average Bonchev–Trinajstić information content (AvgIpc) is 3.95. The Morgan fingerprint density at radius 2 is 1.40 bits per heavy atom. The van der Waals surface area contributed by atoms with Crippen LogP contribution in [-0.4, -0.2) is 16.9 Å². The van der Waals surface area contributed by atoms with Crippen molar-refractivity contribution < 1.29 is 4.42 Å². The van der Waals surface area contributed by atoms with Gasteiger partial charge in [-0.3, -0.25) is 16.0 Å². The van der Waals surface area contributed by atoms with Crippen LogP contribution >= 0.6 is 11.3 Å². The molecule has 1 fully saturated rings. The number of allylic oxidation sites excluding steroid dienone is 3. The lowest BCUT2D eigenvalue weighted by atomic mass is 9.93. The van der Waals surface area contributed by atoms with E-state index in [9.17, 15) is 0 Å². The lowest BCUT2D eigenvalue weighted by molar-refractivity contribution is 0.190. The molecule has 1 saturated heterocycles. The van der Waals surface area contributed by atoms with Gasteiger partial charge in [-0.1, -0.05) is 121 Å². The van der Waals surface area contributed by atoms with Crippen molar-refractivity contribution in [1.82, 2.24) is 20.5 Å². The average molecular weight is 757 g/mol. The van der Waals surface area contributed by atoms with Gasteiger partial charge in [-0.05, 0) is 89.2 Å². The van der Waals surface area contributed by atoms with Crippen LogP contribution in [0.4, 0.5) is 0 Å². The molecule has 12 rings (SSSR count). The molecule has 4 heterocycles. The molecule has 3 N–H and O–H groups in total. The molecule has 6 aromatic carbocycles. The fourth-order valence-corrected chi connectivity index (χ4v) is 10.7. The Morgan fingerprint density at radius 1 is 0.649 bits per heavy atom. The van der Waals surface area contributed by atoms with Gasteiger partial charge in [0.05, 0.1) is 35.2 Å². The molecule has 57 heavy (non-hydrogen) atoms. The first-order valence-electron chi connectivity index (χ1n) is 20.1. The van der Waals surface area contributed by atoms with E-state index in [2.05, 4.69) is 184 Å². The Bertz CT molecular complexity index is 3190. The molecule has 0 amide bonds. The number of aromatic nitrogens is 1. The molecule has 0 radical (unpaired) electrons. The fourth-order valence-electron chi connectivity index (χ4n) is 9.55. The monoisotopic (exact) mass is 756 g/mol. The summed E-state index contributed by atoms with van der Waals surface area (Å²) in [4.78, 5) is 0. The Kier molecular flexibility index (Phi) is 7.73. The molecular formula is C51H40N4OS. The second kappa shape index (κ2) is 13.3. The van der Waals surface area contributed by atoms with Crippen molar-refractivity contribution in [2.75, 3.05) is 0 Å². The van der Waals surface area contributed by atoms with Crippen LogP contribution < -0.4 is 25.7 Å². The molecule has 5 nitrogen and oxygen atoms in total. The highest BCUT2D eigenvalue weighted by molar-refractivity contribution is 7.17. The maximum Gasteiger partial charge on any atom is 0.159 e. The van der Waals surface area contributed by atoms with E-state index in [1.54, 1.807) is 0 Å². The lowest BCUT2D eigenvalue weighted by Crippen LogP contribution is -2.66. The quantitative estimate of drug-likeness (QED) is 0.164.